The van der Waals surface area contributed by atoms with Gasteiger partial charge < -0.3 is 44.0 Å². The first-order valence-electron chi connectivity index (χ1n) is 10.6. The fourth-order valence-corrected chi connectivity index (χ4v) is 3.10. The molecule has 12 N–H and O–H groups in total. The number of primary amides is 1. The average molecular weight is 505 g/mol. The van der Waals surface area contributed by atoms with Gasteiger partial charge in [-0.05, 0) is 44.6 Å². The van der Waals surface area contributed by atoms with Crippen molar-refractivity contribution in [1.29, 1.82) is 0 Å². The number of hydrogen-bond donors (Lipinski definition) is 8. The van der Waals surface area contributed by atoms with Gasteiger partial charge in [-0.1, -0.05) is 0 Å². The van der Waals surface area contributed by atoms with Crippen LogP contribution in [0.25, 0.3) is 0 Å². The normalized spacial score (nSPS) is 14.1. The molecular weight excluding hydrogens is 468 g/mol. The Hall–Kier alpha value is -3.07. The van der Waals surface area contributed by atoms with E-state index in [4.69, 9.17) is 28.0 Å². The predicted molar refractivity (Wildman–Crippen MR) is 128 cm³/mol. The SMILES string of the molecule is CSCCC(NC(=O)C(N)CCC(N)=O)C(=O)NC(CCCN=C(N)N)C(=O)NC(C)C(=O)O. The topological polar surface area (TPSA) is 258 Å². The molecule has 0 aliphatic heterocycles. The van der Waals surface area contributed by atoms with Gasteiger partial charge in [0.15, 0.2) is 5.96 Å². The van der Waals surface area contributed by atoms with Crippen LogP contribution in [0.2, 0.25) is 0 Å². The summed E-state index contributed by atoms with van der Waals surface area (Å²) >= 11 is 1.45. The van der Waals surface area contributed by atoms with Crippen molar-refractivity contribution < 1.29 is 29.1 Å². The molecule has 0 aliphatic carbocycles. The van der Waals surface area contributed by atoms with Crippen molar-refractivity contribution in [1.82, 2.24) is 16.0 Å². The second kappa shape index (κ2) is 16.5. The minimum Gasteiger partial charge on any atom is -0.480 e. The van der Waals surface area contributed by atoms with Crippen molar-refractivity contribution in [3.05, 3.63) is 0 Å². The third kappa shape index (κ3) is 13.5. The lowest BCUT2D eigenvalue weighted by Crippen LogP contribution is -2.57. The molecule has 0 spiro atoms. The first-order valence-corrected chi connectivity index (χ1v) is 12.0. The second-order valence-electron chi connectivity index (χ2n) is 7.53. The highest BCUT2D eigenvalue weighted by molar-refractivity contribution is 7.98. The average Bonchev–Trinajstić information content (AvgIpc) is 2.75. The monoisotopic (exact) mass is 504 g/mol. The molecule has 0 fully saturated rings. The Bertz CT molecular complexity index is 746. The number of aliphatic imine (C=N–C) groups is 1. The maximum Gasteiger partial charge on any atom is 0.325 e. The summed E-state index contributed by atoms with van der Waals surface area (Å²) in [6.07, 6.45) is 2.42. The zero-order chi connectivity index (χ0) is 26.3. The molecule has 34 heavy (non-hydrogen) atoms. The third-order valence-electron chi connectivity index (χ3n) is 4.59. The zero-order valence-corrected chi connectivity index (χ0v) is 20.2. The smallest absolute Gasteiger partial charge is 0.325 e. The summed E-state index contributed by atoms with van der Waals surface area (Å²) in [5, 5.41) is 16.5. The molecule has 194 valence electrons. The second-order valence-corrected chi connectivity index (χ2v) is 8.52. The van der Waals surface area contributed by atoms with E-state index in [1.165, 1.54) is 18.7 Å². The molecule has 0 heterocycles. The number of rotatable bonds is 17. The van der Waals surface area contributed by atoms with E-state index in [1.54, 1.807) is 0 Å². The van der Waals surface area contributed by atoms with Crippen molar-refractivity contribution in [3.8, 4) is 0 Å². The standard InChI is InChI=1S/C19H36N8O6S/c1-10(18(32)33)25-16(30)12(4-3-8-24-19(22)23)27-17(31)13(7-9-34-2)26-15(29)11(20)5-6-14(21)28/h10-13H,3-9,20H2,1-2H3,(H2,21,28)(H,25,30)(H,26,29)(H,27,31)(H,32,33)(H4,22,23,24). The molecule has 15 heteroatoms. The molecule has 4 unspecified atom stereocenters. The number of guanidine groups is 1. The maximum absolute atomic E-state index is 12.9. The molecule has 0 aromatic rings. The molecule has 0 aromatic heterocycles. The minimum atomic E-state index is -1.24. The summed E-state index contributed by atoms with van der Waals surface area (Å²) < 4.78 is 0. The number of nitrogens with zero attached hydrogens (tertiary/aromatic N) is 1. The number of carboxylic acids is 1. The number of hydrogen-bond acceptors (Lipinski definition) is 8. The van der Waals surface area contributed by atoms with Crippen molar-refractivity contribution in [3.63, 3.8) is 0 Å². The molecule has 0 aromatic carbocycles. The first-order chi connectivity index (χ1) is 15.9. The summed E-state index contributed by atoms with van der Waals surface area (Å²) in [5.74, 6) is -3.45. The lowest BCUT2D eigenvalue weighted by molar-refractivity contribution is -0.141. The van der Waals surface area contributed by atoms with Crippen molar-refractivity contribution in [2.45, 2.75) is 63.2 Å². The van der Waals surface area contributed by atoms with E-state index < -0.39 is 53.8 Å². The van der Waals surface area contributed by atoms with Crippen molar-refractivity contribution in [2.75, 3.05) is 18.6 Å². The Balaban J connectivity index is 5.38. The Morgan fingerprint density at radius 1 is 0.912 bits per heavy atom. The van der Waals surface area contributed by atoms with Gasteiger partial charge in [-0.25, -0.2) is 0 Å². The van der Waals surface area contributed by atoms with Gasteiger partial charge >= 0.3 is 5.97 Å². The molecule has 4 atom stereocenters. The zero-order valence-electron chi connectivity index (χ0n) is 19.4. The highest BCUT2D eigenvalue weighted by atomic mass is 32.2. The van der Waals surface area contributed by atoms with Gasteiger partial charge in [0.2, 0.25) is 23.6 Å². The molecule has 0 aliphatic rings. The Labute approximate surface area is 202 Å². The van der Waals surface area contributed by atoms with Gasteiger partial charge in [-0.15, -0.1) is 0 Å². The lowest BCUT2D eigenvalue weighted by Gasteiger charge is -2.24. The van der Waals surface area contributed by atoms with Crippen LogP contribution in [0.1, 0.15) is 39.0 Å². The van der Waals surface area contributed by atoms with Gasteiger partial charge in [0.05, 0.1) is 6.04 Å². The molecule has 4 amide bonds. The van der Waals surface area contributed by atoms with E-state index in [1.807, 2.05) is 6.26 Å². The van der Waals surface area contributed by atoms with Crippen LogP contribution in [0.4, 0.5) is 0 Å². The number of carbonyl (C=O) groups excluding carboxylic acids is 4. The van der Waals surface area contributed by atoms with Crippen LogP contribution in [0, 0.1) is 0 Å². The summed E-state index contributed by atoms with van der Waals surface area (Å²) in [6.45, 7) is 1.48. The van der Waals surface area contributed by atoms with Crippen LogP contribution in [0.5, 0.6) is 0 Å². The highest BCUT2D eigenvalue weighted by Crippen LogP contribution is 2.06. The van der Waals surface area contributed by atoms with Gasteiger partial charge in [0, 0.05) is 13.0 Å². The van der Waals surface area contributed by atoms with E-state index in [0.29, 0.717) is 12.2 Å². The number of thioether (sulfide) groups is 1. The molecule has 0 saturated heterocycles. The minimum absolute atomic E-state index is 0.0148. The van der Waals surface area contributed by atoms with Crippen LogP contribution in [-0.2, 0) is 24.0 Å². The number of nitrogens with one attached hydrogen (secondary N) is 3. The van der Waals surface area contributed by atoms with Crippen LogP contribution in [0.3, 0.4) is 0 Å². The van der Waals surface area contributed by atoms with E-state index in [-0.39, 0.29) is 38.2 Å². The number of amides is 4. The van der Waals surface area contributed by atoms with E-state index >= 15 is 0 Å². The van der Waals surface area contributed by atoms with E-state index in [9.17, 15) is 24.0 Å². The maximum atomic E-state index is 12.9. The number of aliphatic carboxylic acids is 1. The van der Waals surface area contributed by atoms with Crippen LogP contribution >= 0.6 is 11.8 Å². The number of nitrogens with two attached hydrogens (primary N) is 4. The molecule has 0 saturated carbocycles. The van der Waals surface area contributed by atoms with Crippen LogP contribution in [-0.4, -0.2) is 83.4 Å². The lowest BCUT2D eigenvalue weighted by atomic mass is 10.1. The Morgan fingerprint density at radius 3 is 2.00 bits per heavy atom. The third-order valence-corrected chi connectivity index (χ3v) is 5.23. The van der Waals surface area contributed by atoms with E-state index in [0.717, 1.165) is 0 Å². The largest absolute Gasteiger partial charge is 0.480 e. The van der Waals surface area contributed by atoms with Gasteiger partial charge in [0.25, 0.3) is 0 Å². The fourth-order valence-electron chi connectivity index (χ4n) is 2.63. The van der Waals surface area contributed by atoms with Crippen LogP contribution < -0.4 is 38.9 Å². The number of carbonyl (C=O) groups is 5. The highest BCUT2D eigenvalue weighted by Gasteiger charge is 2.29. The van der Waals surface area contributed by atoms with Gasteiger partial charge in [0.1, 0.15) is 18.1 Å². The molecule has 0 bridgehead atoms. The molecule has 0 rings (SSSR count). The Morgan fingerprint density at radius 2 is 1.47 bits per heavy atom. The molecular formula is C19H36N8O6S. The summed E-state index contributed by atoms with van der Waals surface area (Å²) in [7, 11) is 0. The summed E-state index contributed by atoms with van der Waals surface area (Å²) in [4.78, 5) is 63.8. The quantitative estimate of drug-likeness (QED) is 0.0563. The molecule has 0 radical (unpaired) electrons. The first kappa shape index (κ1) is 30.9. The summed E-state index contributed by atoms with van der Waals surface area (Å²) in [6, 6.07) is -4.34. The van der Waals surface area contributed by atoms with Crippen LogP contribution in [0.15, 0.2) is 4.99 Å². The number of carboxylic acid groups (broad SMARTS) is 1. The van der Waals surface area contributed by atoms with Gasteiger partial charge in [-0.2, -0.15) is 11.8 Å². The predicted octanol–water partition coefficient (Wildman–Crippen LogP) is -3.06. The van der Waals surface area contributed by atoms with Crippen molar-refractivity contribution in [2.24, 2.45) is 27.9 Å². The Kier molecular flexibility index (Phi) is 15.0. The van der Waals surface area contributed by atoms with Crippen molar-refractivity contribution >= 4 is 47.3 Å². The van der Waals surface area contributed by atoms with E-state index in [2.05, 4.69) is 20.9 Å². The van der Waals surface area contributed by atoms with Gasteiger partial charge in [-0.3, -0.25) is 29.0 Å². The fraction of sp³-hybridized carbons (Fsp3) is 0.684. The summed E-state index contributed by atoms with van der Waals surface area (Å²) in [5.41, 5.74) is 21.4. The molecule has 14 nitrogen and oxygen atoms in total.